The van der Waals surface area contributed by atoms with Crippen LogP contribution >= 0.6 is 15.9 Å². The Morgan fingerprint density at radius 3 is 2.65 bits per heavy atom. The third-order valence-electron chi connectivity index (χ3n) is 4.83. The number of piperidine rings is 1. The largest absolute Gasteiger partial charge is 0.366 e. The summed E-state index contributed by atoms with van der Waals surface area (Å²) in [6.07, 6.45) is 3.64. The minimum absolute atomic E-state index is 0.186. The van der Waals surface area contributed by atoms with Crippen LogP contribution in [-0.4, -0.2) is 43.8 Å². The Morgan fingerprint density at radius 2 is 1.92 bits per heavy atom. The van der Waals surface area contributed by atoms with E-state index in [2.05, 4.69) is 41.2 Å². The topological polar surface area (TPSA) is 58.9 Å². The molecule has 0 saturated carbocycles. The zero-order chi connectivity index (χ0) is 18.1. The molecule has 6 nitrogen and oxygen atoms in total. The molecule has 0 spiro atoms. The van der Waals surface area contributed by atoms with E-state index in [1.54, 1.807) is 11.0 Å². The van der Waals surface area contributed by atoms with Crippen molar-refractivity contribution in [1.29, 1.82) is 0 Å². The van der Waals surface area contributed by atoms with E-state index in [9.17, 15) is 4.39 Å². The van der Waals surface area contributed by atoms with Crippen molar-refractivity contribution in [2.45, 2.75) is 25.4 Å². The van der Waals surface area contributed by atoms with Gasteiger partial charge in [-0.3, -0.25) is 4.90 Å². The SMILES string of the molecule is Cn1nc(Br)c2c(NC3CCN(Cc4ccc(F)cc4)CC3)ncnc21. The van der Waals surface area contributed by atoms with Gasteiger partial charge in [-0.05, 0) is 46.5 Å². The average Bonchev–Trinajstić information content (AvgIpc) is 2.94. The first kappa shape index (κ1) is 17.4. The van der Waals surface area contributed by atoms with Gasteiger partial charge < -0.3 is 5.32 Å². The predicted molar refractivity (Wildman–Crippen MR) is 102 cm³/mol. The number of aryl methyl sites for hydroxylation is 1. The van der Waals surface area contributed by atoms with E-state index in [1.165, 1.54) is 12.1 Å². The molecule has 1 aliphatic rings. The van der Waals surface area contributed by atoms with Crippen molar-refractivity contribution in [2.24, 2.45) is 7.05 Å². The van der Waals surface area contributed by atoms with Crippen LogP contribution in [0.1, 0.15) is 18.4 Å². The average molecular weight is 419 g/mol. The molecule has 136 valence electrons. The van der Waals surface area contributed by atoms with Crippen LogP contribution in [0.3, 0.4) is 0 Å². The number of benzene rings is 1. The van der Waals surface area contributed by atoms with E-state index in [0.717, 1.165) is 59.5 Å². The summed E-state index contributed by atoms with van der Waals surface area (Å²) in [6.45, 7) is 2.86. The smallest absolute Gasteiger partial charge is 0.164 e. The molecule has 26 heavy (non-hydrogen) atoms. The lowest BCUT2D eigenvalue weighted by atomic mass is 10.0. The minimum Gasteiger partial charge on any atom is -0.366 e. The number of nitrogens with zero attached hydrogens (tertiary/aromatic N) is 5. The highest BCUT2D eigenvalue weighted by molar-refractivity contribution is 9.10. The van der Waals surface area contributed by atoms with Crippen LogP contribution in [0.5, 0.6) is 0 Å². The van der Waals surface area contributed by atoms with E-state index in [1.807, 2.05) is 19.2 Å². The minimum atomic E-state index is -0.186. The van der Waals surface area contributed by atoms with Gasteiger partial charge in [-0.15, -0.1) is 0 Å². The summed E-state index contributed by atoms with van der Waals surface area (Å²) < 4.78 is 15.5. The van der Waals surface area contributed by atoms with Crippen LogP contribution in [0.25, 0.3) is 11.0 Å². The van der Waals surface area contributed by atoms with Gasteiger partial charge >= 0.3 is 0 Å². The molecule has 0 amide bonds. The molecule has 1 aliphatic heterocycles. The number of likely N-dealkylation sites (tertiary alicyclic amines) is 1. The van der Waals surface area contributed by atoms with Crippen LogP contribution in [0.2, 0.25) is 0 Å². The van der Waals surface area contributed by atoms with Gasteiger partial charge in [0, 0.05) is 32.7 Å². The van der Waals surface area contributed by atoms with Crippen LogP contribution < -0.4 is 5.32 Å². The van der Waals surface area contributed by atoms with E-state index >= 15 is 0 Å². The second-order valence-electron chi connectivity index (χ2n) is 6.66. The highest BCUT2D eigenvalue weighted by atomic mass is 79.9. The summed E-state index contributed by atoms with van der Waals surface area (Å²) in [7, 11) is 1.87. The molecular formula is C18H20BrFN6. The second kappa shape index (κ2) is 7.28. The van der Waals surface area contributed by atoms with Crippen LogP contribution in [0.4, 0.5) is 10.2 Å². The van der Waals surface area contributed by atoms with Crippen molar-refractivity contribution in [3.8, 4) is 0 Å². The van der Waals surface area contributed by atoms with Crippen molar-refractivity contribution in [2.75, 3.05) is 18.4 Å². The Hall–Kier alpha value is -2.06. The number of halogens is 2. The summed E-state index contributed by atoms with van der Waals surface area (Å²) in [5.74, 6) is 0.640. The summed E-state index contributed by atoms with van der Waals surface area (Å²) in [5.41, 5.74) is 1.96. The van der Waals surface area contributed by atoms with Gasteiger partial charge in [-0.2, -0.15) is 5.10 Å². The Morgan fingerprint density at radius 1 is 1.19 bits per heavy atom. The molecule has 8 heteroatoms. The molecular weight excluding hydrogens is 399 g/mol. The Kier molecular flexibility index (Phi) is 4.86. The number of hydrogen-bond donors (Lipinski definition) is 1. The lowest BCUT2D eigenvalue weighted by molar-refractivity contribution is 0.211. The van der Waals surface area contributed by atoms with Gasteiger partial charge in [0.15, 0.2) is 5.65 Å². The summed E-state index contributed by atoms with van der Waals surface area (Å²) in [6, 6.07) is 7.13. The predicted octanol–water partition coefficient (Wildman–Crippen LogP) is 3.34. The normalized spacial score (nSPS) is 16.3. The van der Waals surface area contributed by atoms with Crippen LogP contribution in [0.15, 0.2) is 35.2 Å². The number of fused-ring (bicyclic) bond motifs is 1. The van der Waals surface area contributed by atoms with Crippen LogP contribution in [0, 0.1) is 5.82 Å². The first-order valence-electron chi connectivity index (χ1n) is 8.66. The second-order valence-corrected chi connectivity index (χ2v) is 7.41. The molecule has 1 N–H and O–H groups in total. The number of hydrogen-bond acceptors (Lipinski definition) is 5. The summed E-state index contributed by atoms with van der Waals surface area (Å²) >= 11 is 3.50. The molecule has 4 rings (SSSR count). The third kappa shape index (κ3) is 3.57. The zero-order valence-corrected chi connectivity index (χ0v) is 16.1. The molecule has 1 saturated heterocycles. The summed E-state index contributed by atoms with van der Waals surface area (Å²) in [5, 5.41) is 8.84. The van der Waals surface area contributed by atoms with E-state index in [0.29, 0.717) is 6.04 Å². The molecule has 0 atom stereocenters. The maximum Gasteiger partial charge on any atom is 0.164 e. The highest BCUT2D eigenvalue weighted by Crippen LogP contribution is 2.28. The molecule has 1 aromatic carbocycles. The standard InChI is InChI=1S/C18H20BrFN6/c1-25-18-15(16(19)24-25)17(21-11-22-18)23-14-6-8-26(9-7-14)10-12-2-4-13(20)5-3-12/h2-5,11,14H,6-10H2,1H3,(H,21,22,23). The number of rotatable bonds is 4. The van der Waals surface area contributed by atoms with Gasteiger partial charge in [-0.1, -0.05) is 12.1 Å². The lowest BCUT2D eigenvalue weighted by Crippen LogP contribution is -2.38. The fraction of sp³-hybridized carbons (Fsp3) is 0.389. The quantitative estimate of drug-likeness (QED) is 0.703. The fourth-order valence-corrected chi connectivity index (χ4v) is 4.03. The molecule has 0 aliphatic carbocycles. The molecule has 1 fully saturated rings. The third-order valence-corrected chi connectivity index (χ3v) is 5.38. The van der Waals surface area contributed by atoms with E-state index < -0.39 is 0 Å². The Balaban J connectivity index is 1.39. The fourth-order valence-electron chi connectivity index (χ4n) is 3.43. The van der Waals surface area contributed by atoms with E-state index in [4.69, 9.17) is 0 Å². The molecule has 0 radical (unpaired) electrons. The first-order chi connectivity index (χ1) is 12.6. The summed E-state index contributed by atoms with van der Waals surface area (Å²) in [4.78, 5) is 11.1. The Labute approximate surface area is 159 Å². The number of aromatic nitrogens is 4. The number of nitrogens with one attached hydrogen (secondary N) is 1. The van der Waals surface area contributed by atoms with E-state index in [-0.39, 0.29) is 5.82 Å². The molecule has 3 heterocycles. The molecule has 2 aromatic heterocycles. The Bertz CT molecular complexity index is 902. The van der Waals surface area contributed by atoms with Gasteiger partial charge in [0.05, 0.1) is 5.39 Å². The van der Waals surface area contributed by atoms with Crippen LogP contribution in [-0.2, 0) is 13.6 Å². The van der Waals surface area contributed by atoms with Crippen molar-refractivity contribution < 1.29 is 4.39 Å². The maximum atomic E-state index is 13.0. The van der Waals surface area contributed by atoms with Crippen molar-refractivity contribution >= 4 is 32.8 Å². The first-order valence-corrected chi connectivity index (χ1v) is 9.46. The van der Waals surface area contributed by atoms with Gasteiger partial charge in [0.1, 0.15) is 22.6 Å². The zero-order valence-electron chi connectivity index (χ0n) is 14.5. The van der Waals surface area contributed by atoms with Gasteiger partial charge in [0.2, 0.25) is 0 Å². The lowest BCUT2D eigenvalue weighted by Gasteiger charge is -2.32. The highest BCUT2D eigenvalue weighted by Gasteiger charge is 2.21. The van der Waals surface area contributed by atoms with Gasteiger partial charge in [0.25, 0.3) is 0 Å². The monoisotopic (exact) mass is 418 g/mol. The molecule has 3 aromatic rings. The maximum absolute atomic E-state index is 13.0. The molecule has 0 unspecified atom stereocenters. The van der Waals surface area contributed by atoms with Gasteiger partial charge in [-0.25, -0.2) is 19.0 Å². The van der Waals surface area contributed by atoms with Crippen molar-refractivity contribution in [3.05, 3.63) is 46.6 Å². The van der Waals surface area contributed by atoms with Crippen molar-refractivity contribution in [1.82, 2.24) is 24.6 Å². The molecule has 0 bridgehead atoms. The number of anilines is 1. The van der Waals surface area contributed by atoms with Crippen molar-refractivity contribution in [3.63, 3.8) is 0 Å².